The Morgan fingerprint density at radius 2 is 2.40 bits per heavy atom. The van der Waals surface area contributed by atoms with Crippen molar-refractivity contribution in [1.29, 1.82) is 0 Å². The van der Waals surface area contributed by atoms with Crippen LogP contribution in [-0.4, -0.2) is 40.4 Å². The largest absolute Gasteiger partial charge is 0.314 e. The minimum atomic E-state index is 0.623. The van der Waals surface area contributed by atoms with Crippen LogP contribution in [-0.2, 0) is 13.6 Å². The molecule has 1 aromatic rings. The summed E-state index contributed by atoms with van der Waals surface area (Å²) in [6.45, 7) is 8.77. The highest BCUT2D eigenvalue weighted by atomic mass is 15.3. The van der Waals surface area contributed by atoms with Crippen molar-refractivity contribution in [3.63, 3.8) is 0 Å². The quantitative estimate of drug-likeness (QED) is 0.769. The first kappa shape index (κ1) is 10.6. The van der Waals surface area contributed by atoms with Gasteiger partial charge in [-0.15, -0.1) is 0 Å². The summed E-state index contributed by atoms with van der Waals surface area (Å²) in [6, 6.07) is 0.623. The van der Waals surface area contributed by atoms with Gasteiger partial charge in [0, 0.05) is 50.5 Å². The molecule has 15 heavy (non-hydrogen) atoms. The van der Waals surface area contributed by atoms with E-state index in [4.69, 9.17) is 0 Å². The maximum absolute atomic E-state index is 4.28. The molecule has 2 rings (SSSR count). The molecule has 0 bridgehead atoms. The lowest BCUT2D eigenvalue weighted by Crippen LogP contribution is -2.49. The Balaban J connectivity index is 2.04. The van der Waals surface area contributed by atoms with Crippen LogP contribution in [0, 0.1) is 6.92 Å². The third-order valence-corrected chi connectivity index (χ3v) is 3.35. The molecule has 0 unspecified atom stereocenters. The van der Waals surface area contributed by atoms with Crippen molar-refractivity contribution in [3.8, 4) is 0 Å². The Morgan fingerprint density at radius 1 is 1.60 bits per heavy atom. The first-order chi connectivity index (χ1) is 7.18. The third-order valence-electron chi connectivity index (χ3n) is 3.35. The van der Waals surface area contributed by atoms with Gasteiger partial charge in [0.1, 0.15) is 0 Å². The number of piperazine rings is 1. The molecule has 1 saturated heterocycles. The summed E-state index contributed by atoms with van der Waals surface area (Å²) in [7, 11) is 2.00. The Morgan fingerprint density at radius 3 is 3.00 bits per heavy atom. The van der Waals surface area contributed by atoms with Crippen LogP contribution in [0.1, 0.15) is 18.2 Å². The Bertz CT molecular complexity index is 331. The average molecular weight is 208 g/mol. The molecule has 0 saturated carbocycles. The normalized spacial score (nSPS) is 23.3. The second kappa shape index (κ2) is 4.33. The minimum Gasteiger partial charge on any atom is -0.314 e. The van der Waals surface area contributed by atoms with E-state index in [0.717, 1.165) is 26.2 Å². The van der Waals surface area contributed by atoms with Gasteiger partial charge in [0.2, 0.25) is 0 Å². The zero-order chi connectivity index (χ0) is 10.8. The number of nitrogens with zero attached hydrogens (tertiary/aromatic N) is 3. The fourth-order valence-corrected chi connectivity index (χ4v) is 2.04. The van der Waals surface area contributed by atoms with Gasteiger partial charge < -0.3 is 5.32 Å². The summed E-state index contributed by atoms with van der Waals surface area (Å²) in [5.41, 5.74) is 2.63. The number of aromatic nitrogens is 2. The number of hydrogen-bond donors (Lipinski definition) is 1. The monoisotopic (exact) mass is 208 g/mol. The number of rotatable bonds is 2. The van der Waals surface area contributed by atoms with Gasteiger partial charge in [-0.05, 0) is 13.8 Å². The SMILES string of the molecule is Cc1c(CN2CCNC[C@@H]2C)cnn1C. The summed E-state index contributed by atoms with van der Waals surface area (Å²) in [4.78, 5) is 2.51. The van der Waals surface area contributed by atoms with Crippen LogP contribution in [0.15, 0.2) is 6.20 Å². The molecule has 1 aromatic heterocycles. The molecule has 4 nitrogen and oxygen atoms in total. The van der Waals surface area contributed by atoms with Crippen LogP contribution in [0.5, 0.6) is 0 Å². The van der Waals surface area contributed by atoms with E-state index < -0.39 is 0 Å². The molecule has 4 heteroatoms. The molecule has 0 radical (unpaired) electrons. The zero-order valence-corrected chi connectivity index (χ0v) is 9.82. The fraction of sp³-hybridized carbons (Fsp3) is 0.727. The van der Waals surface area contributed by atoms with E-state index >= 15 is 0 Å². The maximum atomic E-state index is 4.28. The van der Waals surface area contributed by atoms with Crippen molar-refractivity contribution >= 4 is 0 Å². The topological polar surface area (TPSA) is 33.1 Å². The third kappa shape index (κ3) is 2.21. The van der Waals surface area contributed by atoms with Gasteiger partial charge in [-0.25, -0.2) is 0 Å². The molecule has 0 spiro atoms. The molecule has 1 N–H and O–H groups in total. The Kier molecular flexibility index (Phi) is 3.07. The van der Waals surface area contributed by atoms with Gasteiger partial charge in [-0.2, -0.15) is 5.10 Å². The van der Waals surface area contributed by atoms with Crippen molar-refractivity contribution < 1.29 is 0 Å². The number of aryl methyl sites for hydroxylation is 1. The lowest BCUT2D eigenvalue weighted by molar-refractivity contribution is 0.165. The first-order valence-corrected chi connectivity index (χ1v) is 5.60. The summed E-state index contributed by atoms with van der Waals surface area (Å²) in [5, 5.41) is 7.69. The molecule has 0 aliphatic carbocycles. The fourth-order valence-electron chi connectivity index (χ4n) is 2.04. The molecular formula is C11H20N4. The van der Waals surface area contributed by atoms with Gasteiger partial charge in [0.15, 0.2) is 0 Å². The van der Waals surface area contributed by atoms with Gasteiger partial charge in [-0.3, -0.25) is 9.58 Å². The second-order valence-electron chi connectivity index (χ2n) is 4.40. The highest BCUT2D eigenvalue weighted by molar-refractivity contribution is 5.15. The molecule has 1 atom stereocenters. The molecular weight excluding hydrogens is 188 g/mol. The average Bonchev–Trinajstić information content (AvgIpc) is 2.53. The zero-order valence-electron chi connectivity index (χ0n) is 9.82. The molecule has 2 heterocycles. The van der Waals surface area contributed by atoms with Gasteiger partial charge in [0.05, 0.1) is 6.20 Å². The lowest BCUT2D eigenvalue weighted by atomic mass is 10.1. The predicted octanol–water partition coefficient (Wildman–Crippen LogP) is 0.522. The highest BCUT2D eigenvalue weighted by Crippen LogP contribution is 2.12. The van der Waals surface area contributed by atoms with E-state index in [1.165, 1.54) is 11.3 Å². The van der Waals surface area contributed by atoms with Crippen LogP contribution in [0.25, 0.3) is 0 Å². The Labute approximate surface area is 91.3 Å². The molecule has 1 fully saturated rings. The van der Waals surface area contributed by atoms with Gasteiger partial charge in [0.25, 0.3) is 0 Å². The summed E-state index contributed by atoms with van der Waals surface area (Å²) < 4.78 is 1.95. The molecule has 1 aliphatic heterocycles. The molecule has 0 amide bonds. The second-order valence-corrected chi connectivity index (χ2v) is 4.40. The smallest absolute Gasteiger partial charge is 0.0537 e. The summed E-state index contributed by atoms with van der Waals surface area (Å²) >= 11 is 0. The van der Waals surface area contributed by atoms with Gasteiger partial charge in [-0.1, -0.05) is 0 Å². The van der Waals surface area contributed by atoms with Crippen molar-refractivity contribution in [2.45, 2.75) is 26.4 Å². The van der Waals surface area contributed by atoms with Crippen LogP contribution in [0.4, 0.5) is 0 Å². The van der Waals surface area contributed by atoms with Gasteiger partial charge >= 0.3 is 0 Å². The molecule has 84 valence electrons. The molecule has 1 aliphatic rings. The van der Waals surface area contributed by atoms with E-state index in [2.05, 4.69) is 29.2 Å². The number of nitrogens with one attached hydrogen (secondary N) is 1. The van der Waals surface area contributed by atoms with E-state index in [9.17, 15) is 0 Å². The summed E-state index contributed by atoms with van der Waals surface area (Å²) in [6.07, 6.45) is 1.99. The maximum Gasteiger partial charge on any atom is 0.0537 e. The van der Waals surface area contributed by atoms with Crippen molar-refractivity contribution in [3.05, 3.63) is 17.5 Å². The minimum absolute atomic E-state index is 0.623. The standard InChI is InChI=1S/C11H20N4/c1-9-6-12-4-5-15(9)8-11-7-13-14(3)10(11)2/h7,9,12H,4-6,8H2,1-3H3/t9-/m0/s1. The van der Waals surface area contributed by atoms with Crippen molar-refractivity contribution in [2.24, 2.45) is 7.05 Å². The van der Waals surface area contributed by atoms with Crippen LogP contribution < -0.4 is 5.32 Å². The van der Waals surface area contributed by atoms with Crippen LogP contribution in [0.2, 0.25) is 0 Å². The first-order valence-electron chi connectivity index (χ1n) is 5.60. The predicted molar refractivity (Wildman–Crippen MR) is 60.7 cm³/mol. The lowest BCUT2D eigenvalue weighted by Gasteiger charge is -2.33. The van der Waals surface area contributed by atoms with E-state index in [1.807, 2.05) is 17.9 Å². The molecule has 0 aromatic carbocycles. The van der Waals surface area contributed by atoms with Crippen molar-refractivity contribution in [1.82, 2.24) is 20.0 Å². The summed E-state index contributed by atoms with van der Waals surface area (Å²) in [5.74, 6) is 0. The Hall–Kier alpha value is -0.870. The number of hydrogen-bond acceptors (Lipinski definition) is 3. The van der Waals surface area contributed by atoms with Crippen LogP contribution >= 0.6 is 0 Å². The van der Waals surface area contributed by atoms with Crippen molar-refractivity contribution in [2.75, 3.05) is 19.6 Å². The van der Waals surface area contributed by atoms with Crippen LogP contribution in [0.3, 0.4) is 0 Å². The van der Waals surface area contributed by atoms with E-state index in [0.29, 0.717) is 6.04 Å². The van der Waals surface area contributed by atoms with E-state index in [-0.39, 0.29) is 0 Å². The highest BCUT2D eigenvalue weighted by Gasteiger charge is 2.19. The van der Waals surface area contributed by atoms with E-state index in [1.54, 1.807) is 0 Å².